The molecule has 0 N–H and O–H groups in total. The van der Waals surface area contributed by atoms with Crippen molar-refractivity contribution in [2.24, 2.45) is 0 Å². The van der Waals surface area contributed by atoms with Crippen molar-refractivity contribution in [1.29, 1.82) is 0 Å². The highest BCUT2D eigenvalue weighted by Crippen LogP contribution is 2.65. The number of thiophene rings is 4. The van der Waals surface area contributed by atoms with Gasteiger partial charge in [-0.05, 0) is 165 Å². The number of aryl methyl sites for hydroxylation is 1. The van der Waals surface area contributed by atoms with E-state index in [0.29, 0.717) is 0 Å². The van der Waals surface area contributed by atoms with Gasteiger partial charge in [0, 0.05) is 39.0 Å². The fourth-order valence-electron chi connectivity index (χ4n) is 9.97. The molecule has 0 radical (unpaired) electrons. The van der Waals surface area contributed by atoms with E-state index in [0.717, 1.165) is 35.5 Å². The maximum Gasteiger partial charge on any atom is 0.0490 e. The van der Waals surface area contributed by atoms with E-state index in [9.17, 15) is 0 Å². The van der Waals surface area contributed by atoms with E-state index in [2.05, 4.69) is 59.1 Å². The first kappa shape index (κ1) is 23.4. The minimum Gasteiger partial charge on any atom is -0.140 e. The molecule has 0 unspecified atom stereocenters. The Morgan fingerprint density at radius 2 is 0.923 bits per heavy atom. The summed E-state index contributed by atoms with van der Waals surface area (Å²) in [5.41, 5.74) is 9.06. The summed E-state index contributed by atoms with van der Waals surface area (Å²) in [5, 5.41) is 0. The highest BCUT2D eigenvalue weighted by Gasteiger charge is 2.44. The van der Waals surface area contributed by atoms with Gasteiger partial charge in [0.15, 0.2) is 0 Å². The zero-order valence-corrected chi connectivity index (χ0v) is 26.1. The third-order valence-electron chi connectivity index (χ3n) is 11.8. The van der Waals surface area contributed by atoms with Crippen LogP contribution >= 0.6 is 45.3 Å². The second-order valence-electron chi connectivity index (χ2n) is 13.7. The van der Waals surface area contributed by atoms with Crippen LogP contribution in [0.5, 0.6) is 0 Å². The Hall–Kier alpha value is -1.20. The molecule has 4 aromatic heterocycles. The lowest BCUT2D eigenvalue weighted by Gasteiger charge is -2.39. The molecule has 0 saturated heterocycles. The smallest absolute Gasteiger partial charge is 0.0490 e. The summed E-state index contributed by atoms with van der Waals surface area (Å²) in [4.78, 5) is 13.3. The van der Waals surface area contributed by atoms with E-state index in [1.165, 1.54) is 81.9 Å². The van der Waals surface area contributed by atoms with Crippen LogP contribution in [0.1, 0.15) is 150 Å². The topological polar surface area (TPSA) is 0 Å². The number of hydrogen-bond donors (Lipinski definition) is 0. The van der Waals surface area contributed by atoms with Crippen LogP contribution in [-0.2, 0) is 0 Å². The Morgan fingerprint density at radius 3 is 1.41 bits per heavy atom. The van der Waals surface area contributed by atoms with Crippen LogP contribution in [0, 0.1) is 6.92 Å². The first-order chi connectivity index (χ1) is 19.2. The van der Waals surface area contributed by atoms with Crippen LogP contribution in [-0.4, -0.2) is 0 Å². The molecule has 4 heterocycles. The molecule has 0 nitrogen and oxygen atoms in total. The van der Waals surface area contributed by atoms with Crippen LogP contribution in [0.2, 0.25) is 0 Å². The minimum atomic E-state index is 0.803. The molecular weight excluding hydrogens is 549 g/mol. The first-order valence-corrected chi connectivity index (χ1v) is 19.0. The van der Waals surface area contributed by atoms with Crippen molar-refractivity contribution in [2.45, 2.75) is 119 Å². The van der Waals surface area contributed by atoms with Gasteiger partial charge in [-0.25, -0.2) is 0 Å². The average molecular weight is 585 g/mol. The number of rotatable bonds is 3. The summed E-state index contributed by atoms with van der Waals surface area (Å²) in [6.07, 6.45) is 17.2. The second-order valence-corrected chi connectivity index (χ2v) is 18.1. The van der Waals surface area contributed by atoms with E-state index in [-0.39, 0.29) is 0 Å². The van der Waals surface area contributed by atoms with Gasteiger partial charge in [0.25, 0.3) is 0 Å². The van der Waals surface area contributed by atoms with E-state index in [1.54, 1.807) is 45.3 Å². The lowest BCUT2D eigenvalue weighted by molar-refractivity contribution is 0.360. The molecule has 13 rings (SSSR count). The SMILES string of the molecule is Cc1ccc(-c2sc(-c3sc(-c4cc5c(s4)C4CCC5CC4)c4c3C3CCC4CC3)c3c2C2CCC3CC2)s1. The van der Waals surface area contributed by atoms with Gasteiger partial charge in [-0.15, -0.1) is 45.3 Å². The van der Waals surface area contributed by atoms with Crippen LogP contribution in [0.4, 0.5) is 0 Å². The first-order valence-electron chi connectivity index (χ1n) is 15.8. The Bertz CT molecular complexity index is 1580. The highest BCUT2D eigenvalue weighted by atomic mass is 32.1. The molecule has 9 aliphatic rings. The third kappa shape index (κ3) is 3.21. The molecule has 9 aliphatic carbocycles. The van der Waals surface area contributed by atoms with Crippen molar-refractivity contribution in [3.05, 3.63) is 55.8 Å². The van der Waals surface area contributed by atoms with Crippen LogP contribution < -0.4 is 0 Å². The number of fused-ring (bicyclic) bond motifs is 6. The predicted octanol–water partition coefficient (Wildman–Crippen LogP) is 12.5. The van der Waals surface area contributed by atoms with Gasteiger partial charge in [0.1, 0.15) is 0 Å². The van der Waals surface area contributed by atoms with Crippen molar-refractivity contribution in [3.63, 3.8) is 0 Å². The summed E-state index contributed by atoms with van der Waals surface area (Å²) >= 11 is 8.72. The normalized spacial score (nSPS) is 31.5. The summed E-state index contributed by atoms with van der Waals surface area (Å²) < 4.78 is 0. The summed E-state index contributed by atoms with van der Waals surface area (Å²) in [5.74, 6) is 4.95. The van der Waals surface area contributed by atoms with E-state index < -0.39 is 0 Å². The highest BCUT2D eigenvalue weighted by molar-refractivity contribution is 7.29. The maximum atomic E-state index is 2.71. The molecule has 4 aromatic rings. The summed E-state index contributed by atoms with van der Waals surface area (Å²) in [7, 11) is 0. The van der Waals surface area contributed by atoms with Gasteiger partial charge in [-0.2, -0.15) is 0 Å². The molecule has 0 atom stereocenters. The lowest BCUT2D eigenvalue weighted by atomic mass is 9.65. The molecule has 200 valence electrons. The molecule has 0 aliphatic heterocycles. The second kappa shape index (κ2) is 8.43. The Kier molecular flexibility index (Phi) is 5.05. The predicted molar refractivity (Wildman–Crippen MR) is 171 cm³/mol. The van der Waals surface area contributed by atoms with Crippen molar-refractivity contribution < 1.29 is 0 Å². The van der Waals surface area contributed by atoms with E-state index in [1.807, 2.05) is 28.0 Å². The van der Waals surface area contributed by atoms with E-state index in [4.69, 9.17) is 0 Å². The number of hydrogen-bond acceptors (Lipinski definition) is 4. The monoisotopic (exact) mass is 584 g/mol. The Morgan fingerprint density at radius 1 is 0.462 bits per heavy atom. The largest absolute Gasteiger partial charge is 0.140 e. The lowest BCUT2D eigenvalue weighted by Crippen LogP contribution is -2.22. The van der Waals surface area contributed by atoms with Gasteiger partial charge in [-0.1, -0.05) is 0 Å². The van der Waals surface area contributed by atoms with Gasteiger partial charge >= 0.3 is 0 Å². The molecular formula is C35H36S4. The molecule has 39 heavy (non-hydrogen) atoms. The summed E-state index contributed by atoms with van der Waals surface area (Å²) in [6, 6.07) is 7.49. The van der Waals surface area contributed by atoms with Gasteiger partial charge in [-0.3, -0.25) is 0 Å². The molecule has 3 saturated carbocycles. The molecule has 0 amide bonds. The van der Waals surface area contributed by atoms with Gasteiger partial charge in [0.05, 0.1) is 0 Å². The fraction of sp³-hybridized carbons (Fsp3) is 0.543. The molecule has 0 spiro atoms. The van der Waals surface area contributed by atoms with Crippen LogP contribution in [0.25, 0.3) is 29.3 Å². The van der Waals surface area contributed by atoms with Crippen molar-refractivity contribution in [3.8, 4) is 29.3 Å². The Labute approximate surface area is 248 Å². The fourth-order valence-corrected chi connectivity index (χ4v) is 15.6. The van der Waals surface area contributed by atoms with Gasteiger partial charge in [0.2, 0.25) is 0 Å². The average Bonchev–Trinajstić information content (AvgIpc) is 3.78. The zero-order valence-electron chi connectivity index (χ0n) is 22.8. The van der Waals surface area contributed by atoms with Crippen molar-refractivity contribution in [2.75, 3.05) is 0 Å². The molecule has 3 fully saturated rings. The molecule has 4 heteroatoms. The van der Waals surface area contributed by atoms with Crippen molar-refractivity contribution in [1.82, 2.24) is 0 Å². The maximum absolute atomic E-state index is 2.71. The summed E-state index contributed by atoms with van der Waals surface area (Å²) in [6.45, 7) is 2.28. The van der Waals surface area contributed by atoms with Crippen molar-refractivity contribution >= 4 is 45.3 Å². The standard InChI is InChI=1S/C35H36S4/c1-17-2-15-25(36-17)32-27-19-5-9-21(10-6-19)29(27)34(38-32)35-30-22-11-7-20(8-12-22)28(30)33(39-35)26-16-24-18-3-13-23(14-4-18)31(24)37-26/h2,15-16,18-23H,3-14H2,1H3. The third-order valence-corrected chi connectivity index (χ3v) is 17.1. The quantitative estimate of drug-likeness (QED) is 0.225. The van der Waals surface area contributed by atoms with E-state index >= 15 is 0 Å². The molecule has 6 bridgehead atoms. The van der Waals surface area contributed by atoms with Crippen LogP contribution in [0.15, 0.2) is 18.2 Å². The molecule has 0 aromatic carbocycles. The van der Waals surface area contributed by atoms with Gasteiger partial charge < -0.3 is 0 Å². The minimum absolute atomic E-state index is 0.803. The Balaban J connectivity index is 1.21. The van der Waals surface area contributed by atoms with Crippen LogP contribution in [0.3, 0.4) is 0 Å². The zero-order chi connectivity index (χ0) is 25.4.